The van der Waals surface area contributed by atoms with Gasteiger partial charge in [-0.15, -0.1) is 0 Å². The lowest BCUT2D eigenvalue weighted by Crippen LogP contribution is -2.02. The molecule has 1 fully saturated rings. The SMILES string of the molecule is COc1ncnc2c1nc(N)n2C1CC1C. The minimum atomic E-state index is 0.421. The second-order valence-corrected chi connectivity index (χ2v) is 4.18. The number of methoxy groups -OCH3 is 1. The lowest BCUT2D eigenvalue weighted by Gasteiger charge is -2.03. The molecule has 0 amide bonds. The Morgan fingerprint density at radius 2 is 2.25 bits per heavy atom. The first kappa shape index (κ1) is 9.38. The summed E-state index contributed by atoms with van der Waals surface area (Å²) in [6.07, 6.45) is 2.60. The lowest BCUT2D eigenvalue weighted by molar-refractivity contribution is 0.401. The molecule has 2 unspecified atom stereocenters. The summed E-state index contributed by atoms with van der Waals surface area (Å²) in [4.78, 5) is 12.5. The van der Waals surface area contributed by atoms with E-state index in [4.69, 9.17) is 10.5 Å². The molecule has 0 spiro atoms. The first-order valence-corrected chi connectivity index (χ1v) is 5.24. The summed E-state index contributed by atoms with van der Waals surface area (Å²) in [5.41, 5.74) is 7.31. The summed E-state index contributed by atoms with van der Waals surface area (Å²) in [6.45, 7) is 2.19. The molecular formula is C10H13N5O. The predicted molar refractivity (Wildman–Crippen MR) is 59.1 cm³/mol. The largest absolute Gasteiger partial charge is 0.479 e. The van der Waals surface area contributed by atoms with E-state index >= 15 is 0 Å². The van der Waals surface area contributed by atoms with Crippen molar-refractivity contribution >= 4 is 17.1 Å². The summed E-state index contributed by atoms with van der Waals surface area (Å²) in [7, 11) is 1.57. The predicted octanol–water partition coefficient (Wildman–Crippen LogP) is 0.998. The van der Waals surface area contributed by atoms with Crippen molar-refractivity contribution in [3.8, 4) is 5.88 Å². The molecule has 2 heterocycles. The molecule has 2 aromatic rings. The lowest BCUT2D eigenvalue weighted by atomic mass is 10.4. The van der Waals surface area contributed by atoms with Crippen LogP contribution in [0.5, 0.6) is 5.88 Å². The third-order valence-electron chi connectivity index (χ3n) is 3.06. The minimum absolute atomic E-state index is 0.421. The number of rotatable bonds is 2. The molecule has 1 saturated carbocycles. The molecule has 2 aromatic heterocycles. The molecular weight excluding hydrogens is 206 g/mol. The molecule has 1 aliphatic rings. The number of aromatic nitrogens is 4. The van der Waals surface area contributed by atoms with Gasteiger partial charge in [-0.2, -0.15) is 4.98 Å². The Labute approximate surface area is 92.5 Å². The van der Waals surface area contributed by atoms with Gasteiger partial charge in [0.2, 0.25) is 11.8 Å². The highest BCUT2D eigenvalue weighted by Gasteiger charge is 2.37. The van der Waals surface area contributed by atoms with Crippen molar-refractivity contribution in [1.29, 1.82) is 0 Å². The minimum Gasteiger partial charge on any atom is -0.479 e. The fourth-order valence-corrected chi connectivity index (χ4v) is 2.04. The topological polar surface area (TPSA) is 78.8 Å². The average molecular weight is 219 g/mol. The molecule has 16 heavy (non-hydrogen) atoms. The van der Waals surface area contributed by atoms with Crippen molar-refractivity contribution in [2.45, 2.75) is 19.4 Å². The number of imidazole rings is 1. The van der Waals surface area contributed by atoms with E-state index in [0.717, 1.165) is 12.1 Å². The highest BCUT2D eigenvalue weighted by atomic mass is 16.5. The number of nitrogens with zero attached hydrogens (tertiary/aromatic N) is 4. The maximum Gasteiger partial charge on any atom is 0.245 e. The van der Waals surface area contributed by atoms with Gasteiger partial charge >= 0.3 is 0 Å². The van der Waals surface area contributed by atoms with Crippen molar-refractivity contribution in [2.75, 3.05) is 12.8 Å². The van der Waals surface area contributed by atoms with E-state index in [0.29, 0.717) is 29.3 Å². The smallest absolute Gasteiger partial charge is 0.245 e. The van der Waals surface area contributed by atoms with Crippen LogP contribution in [0.3, 0.4) is 0 Å². The van der Waals surface area contributed by atoms with Crippen LogP contribution in [-0.2, 0) is 0 Å². The number of nitrogens with two attached hydrogens (primary N) is 1. The summed E-state index contributed by atoms with van der Waals surface area (Å²) < 4.78 is 7.12. The standard InChI is InChI=1S/C10H13N5O/c1-5-3-6(5)15-8-7(14-10(15)11)9(16-2)13-4-12-8/h4-6H,3H2,1-2H3,(H2,11,14). The molecule has 0 aromatic carbocycles. The van der Waals surface area contributed by atoms with Crippen LogP contribution >= 0.6 is 0 Å². The Morgan fingerprint density at radius 1 is 1.50 bits per heavy atom. The molecule has 6 nitrogen and oxygen atoms in total. The van der Waals surface area contributed by atoms with Gasteiger partial charge in [0.1, 0.15) is 6.33 Å². The molecule has 2 N–H and O–H groups in total. The Bertz CT molecular complexity index is 549. The Hall–Kier alpha value is -1.85. The van der Waals surface area contributed by atoms with Gasteiger partial charge < -0.3 is 10.5 Å². The van der Waals surface area contributed by atoms with Crippen molar-refractivity contribution in [3.05, 3.63) is 6.33 Å². The quantitative estimate of drug-likeness (QED) is 0.815. The van der Waals surface area contributed by atoms with Gasteiger partial charge in [-0.1, -0.05) is 6.92 Å². The first-order valence-electron chi connectivity index (χ1n) is 5.24. The van der Waals surface area contributed by atoms with Crippen LogP contribution < -0.4 is 10.5 Å². The summed E-state index contributed by atoms with van der Waals surface area (Å²) in [6, 6.07) is 0.421. The Kier molecular flexibility index (Phi) is 1.80. The molecule has 84 valence electrons. The van der Waals surface area contributed by atoms with Gasteiger partial charge in [-0.3, -0.25) is 4.57 Å². The van der Waals surface area contributed by atoms with E-state index in [-0.39, 0.29) is 0 Å². The van der Waals surface area contributed by atoms with Gasteiger partial charge in [-0.05, 0) is 12.3 Å². The zero-order chi connectivity index (χ0) is 11.3. The molecule has 2 atom stereocenters. The van der Waals surface area contributed by atoms with Crippen LogP contribution in [0, 0.1) is 5.92 Å². The second kappa shape index (κ2) is 3.07. The number of anilines is 1. The van der Waals surface area contributed by atoms with Crippen LogP contribution in [-0.4, -0.2) is 26.6 Å². The molecule has 0 saturated heterocycles. The van der Waals surface area contributed by atoms with E-state index in [1.54, 1.807) is 7.11 Å². The fraction of sp³-hybridized carbons (Fsp3) is 0.500. The third kappa shape index (κ3) is 1.16. The number of hydrogen-bond donors (Lipinski definition) is 1. The number of fused-ring (bicyclic) bond motifs is 1. The Morgan fingerprint density at radius 3 is 2.88 bits per heavy atom. The maximum absolute atomic E-state index is 5.91. The highest BCUT2D eigenvalue weighted by Crippen LogP contribution is 2.45. The van der Waals surface area contributed by atoms with Crippen molar-refractivity contribution in [1.82, 2.24) is 19.5 Å². The molecule has 3 rings (SSSR count). The van der Waals surface area contributed by atoms with Crippen LogP contribution in [0.25, 0.3) is 11.2 Å². The molecule has 0 radical (unpaired) electrons. The van der Waals surface area contributed by atoms with Crippen molar-refractivity contribution in [3.63, 3.8) is 0 Å². The van der Waals surface area contributed by atoms with E-state index < -0.39 is 0 Å². The molecule has 1 aliphatic carbocycles. The van der Waals surface area contributed by atoms with Gasteiger partial charge in [0.15, 0.2) is 11.2 Å². The summed E-state index contributed by atoms with van der Waals surface area (Å²) in [5, 5.41) is 0. The Balaban J connectivity index is 2.25. The third-order valence-corrected chi connectivity index (χ3v) is 3.06. The average Bonchev–Trinajstić information content (AvgIpc) is 2.88. The monoisotopic (exact) mass is 219 g/mol. The van der Waals surface area contributed by atoms with Crippen LogP contribution in [0.15, 0.2) is 6.33 Å². The van der Waals surface area contributed by atoms with E-state index in [9.17, 15) is 0 Å². The van der Waals surface area contributed by atoms with E-state index in [1.807, 2.05) is 4.57 Å². The fourth-order valence-electron chi connectivity index (χ4n) is 2.04. The van der Waals surface area contributed by atoms with E-state index in [1.165, 1.54) is 6.33 Å². The van der Waals surface area contributed by atoms with Crippen LogP contribution in [0.4, 0.5) is 5.95 Å². The first-order chi connectivity index (χ1) is 7.72. The van der Waals surface area contributed by atoms with E-state index in [2.05, 4.69) is 21.9 Å². The number of nitrogen functional groups attached to an aromatic ring is 1. The zero-order valence-electron chi connectivity index (χ0n) is 9.21. The number of ether oxygens (including phenoxy) is 1. The molecule has 6 heteroatoms. The van der Waals surface area contributed by atoms with Crippen LogP contribution in [0.2, 0.25) is 0 Å². The maximum atomic E-state index is 5.91. The number of hydrogen-bond acceptors (Lipinski definition) is 5. The van der Waals surface area contributed by atoms with Crippen molar-refractivity contribution < 1.29 is 4.74 Å². The van der Waals surface area contributed by atoms with Gasteiger partial charge in [-0.25, -0.2) is 9.97 Å². The zero-order valence-corrected chi connectivity index (χ0v) is 9.21. The van der Waals surface area contributed by atoms with Crippen molar-refractivity contribution in [2.24, 2.45) is 5.92 Å². The highest BCUT2D eigenvalue weighted by molar-refractivity contribution is 5.79. The molecule has 0 bridgehead atoms. The molecule has 0 aliphatic heterocycles. The van der Waals surface area contributed by atoms with Crippen LogP contribution in [0.1, 0.15) is 19.4 Å². The summed E-state index contributed by atoms with van der Waals surface area (Å²) in [5.74, 6) is 1.60. The van der Waals surface area contributed by atoms with Gasteiger partial charge in [0, 0.05) is 6.04 Å². The van der Waals surface area contributed by atoms with Gasteiger partial charge in [0.05, 0.1) is 7.11 Å². The summed E-state index contributed by atoms with van der Waals surface area (Å²) >= 11 is 0. The normalized spacial score (nSPS) is 23.6. The second-order valence-electron chi connectivity index (χ2n) is 4.18. The van der Waals surface area contributed by atoms with Gasteiger partial charge in [0.25, 0.3) is 0 Å².